The highest BCUT2D eigenvalue weighted by molar-refractivity contribution is 7.80. The molecule has 0 aliphatic heterocycles. The Balaban J connectivity index is 1.84. The molecule has 0 unspecified atom stereocenters. The lowest BCUT2D eigenvalue weighted by Crippen LogP contribution is -2.43. The van der Waals surface area contributed by atoms with E-state index in [1.807, 2.05) is 32.2 Å². The zero-order valence-electron chi connectivity index (χ0n) is 11.9. The Bertz CT molecular complexity index is 427. The molecule has 1 heterocycles. The average molecular weight is 277 g/mol. The number of rotatable bonds is 3. The molecule has 0 amide bonds. The topological polar surface area (TPSA) is 28.2 Å². The molecular weight excluding hydrogens is 254 g/mol. The fraction of sp³-hybridized carbons (Fsp3) is 0.600. The van der Waals surface area contributed by atoms with E-state index in [2.05, 4.69) is 15.2 Å². The van der Waals surface area contributed by atoms with Gasteiger partial charge in [0.25, 0.3) is 0 Å². The maximum absolute atomic E-state index is 5.48. The van der Waals surface area contributed by atoms with E-state index in [0.29, 0.717) is 6.04 Å². The Kier molecular flexibility index (Phi) is 5.14. The van der Waals surface area contributed by atoms with E-state index in [9.17, 15) is 0 Å². The van der Waals surface area contributed by atoms with Crippen LogP contribution in [0.3, 0.4) is 0 Å². The Hall–Kier alpha value is -1.16. The Labute approximate surface area is 121 Å². The van der Waals surface area contributed by atoms with Crippen molar-refractivity contribution in [1.29, 1.82) is 0 Å². The van der Waals surface area contributed by atoms with Crippen molar-refractivity contribution in [2.75, 3.05) is 7.05 Å². The van der Waals surface area contributed by atoms with Gasteiger partial charge in [0.05, 0.1) is 12.2 Å². The summed E-state index contributed by atoms with van der Waals surface area (Å²) < 4.78 is 0. The lowest BCUT2D eigenvalue weighted by atomic mass is 9.96. The minimum atomic E-state index is 0.564. The van der Waals surface area contributed by atoms with Crippen molar-refractivity contribution in [2.45, 2.75) is 51.6 Å². The van der Waals surface area contributed by atoms with Crippen LogP contribution in [-0.4, -0.2) is 28.1 Å². The van der Waals surface area contributed by atoms with E-state index in [1.165, 1.54) is 32.1 Å². The van der Waals surface area contributed by atoms with Crippen molar-refractivity contribution < 1.29 is 0 Å². The van der Waals surface area contributed by atoms with Crippen molar-refractivity contribution in [3.05, 3.63) is 29.6 Å². The predicted molar refractivity (Wildman–Crippen MR) is 83.0 cm³/mol. The third-order valence-electron chi connectivity index (χ3n) is 3.62. The quantitative estimate of drug-likeness (QED) is 0.860. The van der Waals surface area contributed by atoms with Crippen molar-refractivity contribution in [2.24, 2.45) is 0 Å². The van der Waals surface area contributed by atoms with Gasteiger partial charge in [-0.2, -0.15) is 0 Å². The fourth-order valence-corrected chi connectivity index (χ4v) is 2.77. The number of hydrogen-bond acceptors (Lipinski definition) is 2. The summed E-state index contributed by atoms with van der Waals surface area (Å²) in [6.45, 7) is 2.78. The molecule has 0 saturated heterocycles. The summed E-state index contributed by atoms with van der Waals surface area (Å²) in [5, 5.41) is 4.33. The van der Waals surface area contributed by atoms with Gasteiger partial charge >= 0.3 is 0 Å². The highest BCUT2D eigenvalue weighted by Crippen LogP contribution is 2.17. The Morgan fingerprint density at radius 1 is 1.37 bits per heavy atom. The number of pyridine rings is 1. The van der Waals surface area contributed by atoms with Gasteiger partial charge in [0.2, 0.25) is 0 Å². The molecule has 1 saturated carbocycles. The first kappa shape index (κ1) is 14.3. The molecule has 0 atom stereocenters. The van der Waals surface area contributed by atoms with Crippen LogP contribution in [0.2, 0.25) is 0 Å². The Morgan fingerprint density at radius 3 is 2.79 bits per heavy atom. The minimum absolute atomic E-state index is 0.564. The van der Waals surface area contributed by atoms with Gasteiger partial charge in [-0.25, -0.2) is 0 Å². The van der Waals surface area contributed by atoms with E-state index in [-0.39, 0.29) is 0 Å². The highest BCUT2D eigenvalue weighted by Gasteiger charge is 2.15. The van der Waals surface area contributed by atoms with Crippen molar-refractivity contribution >= 4 is 17.3 Å². The number of thiocarbonyl (C=S) groups is 1. The largest absolute Gasteiger partial charge is 0.360 e. The molecule has 0 bridgehead atoms. The van der Waals surface area contributed by atoms with E-state index in [4.69, 9.17) is 12.2 Å². The smallest absolute Gasteiger partial charge is 0.169 e. The normalized spacial score (nSPS) is 16.1. The van der Waals surface area contributed by atoms with Crippen molar-refractivity contribution in [1.82, 2.24) is 15.2 Å². The summed E-state index contributed by atoms with van der Waals surface area (Å²) in [5.41, 5.74) is 2.12. The Morgan fingerprint density at radius 2 is 2.11 bits per heavy atom. The molecule has 1 aromatic heterocycles. The molecule has 1 N–H and O–H groups in total. The average Bonchev–Trinajstić information content (AvgIpc) is 2.40. The zero-order valence-corrected chi connectivity index (χ0v) is 12.7. The van der Waals surface area contributed by atoms with Gasteiger partial charge in [0.15, 0.2) is 5.11 Å². The van der Waals surface area contributed by atoms with Crippen molar-refractivity contribution in [3.8, 4) is 0 Å². The first-order valence-electron chi connectivity index (χ1n) is 7.09. The molecule has 2 rings (SSSR count). The summed E-state index contributed by atoms with van der Waals surface area (Å²) in [7, 11) is 2.03. The molecule has 0 aromatic carbocycles. The van der Waals surface area contributed by atoms with E-state index >= 15 is 0 Å². The standard InChI is InChI=1S/C15H23N3S/c1-12-7-6-10-14(16-12)11-18(2)15(19)17-13-8-4-3-5-9-13/h6-7,10,13H,3-5,8-9,11H2,1-2H3,(H,17,19). The van der Waals surface area contributed by atoms with Crippen LogP contribution < -0.4 is 5.32 Å². The predicted octanol–water partition coefficient (Wildman–Crippen LogP) is 3.03. The summed E-state index contributed by atoms with van der Waals surface area (Å²) in [4.78, 5) is 6.59. The van der Waals surface area contributed by atoms with Crippen LogP contribution in [0.1, 0.15) is 43.5 Å². The molecule has 0 radical (unpaired) electrons. The van der Waals surface area contributed by atoms with Crippen LogP contribution >= 0.6 is 12.2 Å². The molecule has 1 fully saturated rings. The molecule has 1 aromatic rings. The molecule has 4 heteroatoms. The summed E-state index contributed by atoms with van der Waals surface area (Å²) in [6.07, 6.45) is 6.51. The van der Waals surface area contributed by atoms with Gasteiger partial charge < -0.3 is 10.2 Å². The van der Waals surface area contributed by atoms with Gasteiger partial charge in [0, 0.05) is 18.8 Å². The third kappa shape index (κ3) is 4.46. The summed E-state index contributed by atoms with van der Waals surface area (Å²) in [6, 6.07) is 6.67. The first-order valence-corrected chi connectivity index (χ1v) is 7.50. The number of hydrogen-bond donors (Lipinski definition) is 1. The molecule has 3 nitrogen and oxygen atoms in total. The van der Waals surface area contributed by atoms with E-state index in [1.54, 1.807) is 0 Å². The van der Waals surface area contributed by atoms with Gasteiger partial charge in [0.1, 0.15) is 0 Å². The highest BCUT2D eigenvalue weighted by atomic mass is 32.1. The maximum atomic E-state index is 5.48. The van der Waals surface area contributed by atoms with Crippen LogP contribution in [0.15, 0.2) is 18.2 Å². The zero-order chi connectivity index (χ0) is 13.7. The monoisotopic (exact) mass is 277 g/mol. The molecule has 1 aliphatic rings. The maximum Gasteiger partial charge on any atom is 0.169 e. The first-order chi connectivity index (χ1) is 9.15. The molecule has 19 heavy (non-hydrogen) atoms. The van der Waals surface area contributed by atoms with Gasteiger partial charge in [-0.15, -0.1) is 0 Å². The number of aryl methyl sites for hydroxylation is 1. The van der Waals surface area contributed by atoms with Crippen LogP contribution in [0.25, 0.3) is 0 Å². The second-order valence-electron chi connectivity index (χ2n) is 5.41. The second kappa shape index (κ2) is 6.85. The van der Waals surface area contributed by atoms with E-state index < -0.39 is 0 Å². The lowest BCUT2D eigenvalue weighted by molar-refractivity contribution is 0.391. The summed E-state index contributed by atoms with van der Waals surface area (Å²) in [5.74, 6) is 0. The molecule has 1 aliphatic carbocycles. The van der Waals surface area contributed by atoms with Crippen LogP contribution in [-0.2, 0) is 6.54 Å². The molecule has 0 spiro atoms. The summed E-state index contributed by atoms with van der Waals surface area (Å²) >= 11 is 5.48. The third-order valence-corrected chi connectivity index (χ3v) is 4.05. The second-order valence-corrected chi connectivity index (χ2v) is 5.80. The molecular formula is C15H23N3S. The fourth-order valence-electron chi connectivity index (χ4n) is 2.53. The van der Waals surface area contributed by atoms with Crippen LogP contribution in [0.4, 0.5) is 0 Å². The number of aromatic nitrogens is 1. The van der Waals surface area contributed by atoms with Crippen LogP contribution in [0, 0.1) is 6.92 Å². The van der Waals surface area contributed by atoms with Crippen molar-refractivity contribution in [3.63, 3.8) is 0 Å². The van der Waals surface area contributed by atoms with Gasteiger partial charge in [-0.1, -0.05) is 25.3 Å². The molecule has 104 valence electrons. The number of nitrogens with one attached hydrogen (secondary N) is 1. The van der Waals surface area contributed by atoms with Gasteiger partial charge in [-0.05, 0) is 44.1 Å². The number of nitrogens with zero attached hydrogens (tertiary/aromatic N) is 2. The van der Waals surface area contributed by atoms with Crippen LogP contribution in [0.5, 0.6) is 0 Å². The SMILES string of the molecule is Cc1cccc(CN(C)C(=S)NC2CCCCC2)n1. The minimum Gasteiger partial charge on any atom is -0.360 e. The lowest BCUT2D eigenvalue weighted by Gasteiger charge is -2.28. The van der Waals surface area contributed by atoms with E-state index in [0.717, 1.165) is 23.0 Å². The van der Waals surface area contributed by atoms with Gasteiger partial charge in [-0.3, -0.25) is 4.98 Å².